The summed E-state index contributed by atoms with van der Waals surface area (Å²) < 4.78 is 0. The minimum absolute atomic E-state index is 0. The van der Waals surface area contributed by atoms with Gasteiger partial charge in [-0.25, -0.2) is 0 Å². The van der Waals surface area contributed by atoms with Crippen LogP contribution in [0.1, 0.15) is 78.1 Å². The Kier molecular flexibility index (Phi) is 12.2. The first kappa shape index (κ1) is 17.7. The molecule has 0 saturated carbocycles. The fraction of sp³-hybridized carbons (Fsp3) is 1.00. The monoisotopic (exact) mass is 353 g/mol. The van der Waals surface area contributed by atoms with Gasteiger partial charge in [0.05, 0.1) is 0 Å². The van der Waals surface area contributed by atoms with Crippen LogP contribution in [0.15, 0.2) is 0 Å². The van der Waals surface area contributed by atoms with Crippen molar-refractivity contribution in [1.82, 2.24) is 4.90 Å². The lowest BCUT2D eigenvalue weighted by Gasteiger charge is -2.27. The van der Waals surface area contributed by atoms with Gasteiger partial charge in [-0.15, -0.1) is 24.0 Å². The molecule has 0 N–H and O–H groups in total. The van der Waals surface area contributed by atoms with E-state index >= 15 is 0 Å². The molecular formula is C15H32IN. The molecule has 2 heteroatoms. The van der Waals surface area contributed by atoms with Gasteiger partial charge in [0.2, 0.25) is 0 Å². The highest BCUT2D eigenvalue weighted by Gasteiger charge is 2.20. The summed E-state index contributed by atoms with van der Waals surface area (Å²) in [6.07, 6.45) is 14.3. The number of likely N-dealkylation sites (tertiary alicyclic amines) is 1. The van der Waals surface area contributed by atoms with Crippen LogP contribution in [0.5, 0.6) is 0 Å². The number of hydrogen-bond donors (Lipinski definition) is 0. The second-order valence-corrected chi connectivity index (χ2v) is 5.39. The summed E-state index contributed by atoms with van der Waals surface area (Å²) in [5, 5.41) is 0. The van der Waals surface area contributed by atoms with Gasteiger partial charge in [-0.2, -0.15) is 0 Å². The summed E-state index contributed by atoms with van der Waals surface area (Å²) in [6.45, 7) is 7.38. The first-order chi connectivity index (χ1) is 7.88. The molecule has 0 radical (unpaired) electrons. The molecule has 1 saturated heterocycles. The molecule has 0 aromatic carbocycles. The maximum Gasteiger partial charge on any atom is 0.00951 e. The molecule has 1 fully saturated rings. The number of unbranched alkanes of at least 4 members (excludes halogenated alkanes) is 4. The quantitative estimate of drug-likeness (QED) is 0.405. The molecule has 1 unspecified atom stereocenters. The van der Waals surface area contributed by atoms with Crippen LogP contribution >= 0.6 is 24.0 Å². The number of rotatable bonds is 9. The average molecular weight is 353 g/mol. The molecule has 0 amide bonds. The molecule has 1 aliphatic rings. The second kappa shape index (κ2) is 11.8. The third-order valence-electron chi connectivity index (χ3n) is 3.92. The maximum absolute atomic E-state index is 2.75. The number of halogens is 1. The van der Waals surface area contributed by atoms with Gasteiger partial charge in [-0.3, -0.25) is 0 Å². The van der Waals surface area contributed by atoms with Gasteiger partial charge in [0.1, 0.15) is 0 Å². The number of nitrogens with zero attached hydrogens (tertiary/aromatic N) is 1. The Hall–Kier alpha value is 0.690. The van der Waals surface area contributed by atoms with Crippen LogP contribution in [0.4, 0.5) is 0 Å². The largest absolute Gasteiger partial charge is 0.300 e. The first-order valence-electron chi connectivity index (χ1n) is 7.62. The van der Waals surface area contributed by atoms with E-state index in [0.29, 0.717) is 0 Å². The van der Waals surface area contributed by atoms with Gasteiger partial charge >= 0.3 is 0 Å². The second-order valence-electron chi connectivity index (χ2n) is 5.39. The van der Waals surface area contributed by atoms with Crippen LogP contribution in [0.3, 0.4) is 0 Å². The Morgan fingerprint density at radius 1 is 0.824 bits per heavy atom. The van der Waals surface area contributed by atoms with Crippen molar-refractivity contribution in [2.45, 2.75) is 84.1 Å². The lowest BCUT2D eigenvalue weighted by Crippen LogP contribution is -2.32. The highest BCUT2D eigenvalue weighted by molar-refractivity contribution is 14.0. The van der Waals surface area contributed by atoms with Crippen molar-refractivity contribution >= 4 is 24.0 Å². The minimum atomic E-state index is 0. The third-order valence-corrected chi connectivity index (χ3v) is 3.92. The zero-order valence-electron chi connectivity index (χ0n) is 11.9. The van der Waals surface area contributed by atoms with E-state index in [-0.39, 0.29) is 24.0 Å². The SMILES string of the molecule is CCCCCCCC(CCC)N1CCCC1.I. The van der Waals surface area contributed by atoms with Crippen LogP contribution in [0.25, 0.3) is 0 Å². The maximum atomic E-state index is 2.75. The van der Waals surface area contributed by atoms with Crippen molar-refractivity contribution in [3.63, 3.8) is 0 Å². The van der Waals surface area contributed by atoms with Crippen molar-refractivity contribution in [3.8, 4) is 0 Å². The summed E-state index contributed by atoms with van der Waals surface area (Å²) in [5.41, 5.74) is 0. The zero-order chi connectivity index (χ0) is 11.6. The molecule has 1 aliphatic heterocycles. The molecule has 17 heavy (non-hydrogen) atoms. The lowest BCUT2D eigenvalue weighted by atomic mass is 10.0. The molecule has 0 bridgehead atoms. The fourth-order valence-corrected chi connectivity index (χ4v) is 2.93. The van der Waals surface area contributed by atoms with Gasteiger partial charge in [0.25, 0.3) is 0 Å². The third kappa shape index (κ3) is 7.66. The highest BCUT2D eigenvalue weighted by Crippen LogP contribution is 2.20. The average Bonchev–Trinajstić information content (AvgIpc) is 2.81. The summed E-state index contributed by atoms with van der Waals surface area (Å²) >= 11 is 0. The van der Waals surface area contributed by atoms with Gasteiger partial charge in [0.15, 0.2) is 0 Å². The Morgan fingerprint density at radius 3 is 2.06 bits per heavy atom. The fourth-order valence-electron chi connectivity index (χ4n) is 2.93. The molecule has 104 valence electrons. The Balaban J connectivity index is 0.00000256. The summed E-state index contributed by atoms with van der Waals surface area (Å²) in [6, 6.07) is 0.911. The smallest absolute Gasteiger partial charge is 0.00951 e. The Morgan fingerprint density at radius 2 is 1.47 bits per heavy atom. The molecule has 1 nitrogen and oxygen atoms in total. The van der Waals surface area contributed by atoms with Crippen LogP contribution in [0.2, 0.25) is 0 Å². The highest BCUT2D eigenvalue weighted by atomic mass is 127. The minimum Gasteiger partial charge on any atom is -0.300 e. The van der Waals surface area contributed by atoms with Gasteiger partial charge in [-0.1, -0.05) is 52.4 Å². The molecule has 0 aromatic heterocycles. The van der Waals surface area contributed by atoms with Crippen LogP contribution < -0.4 is 0 Å². The topological polar surface area (TPSA) is 3.24 Å². The van der Waals surface area contributed by atoms with E-state index in [4.69, 9.17) is 0 Å². The summed E-state index contributed by atoms with van der Waals surface area (Å²) in [7, 11) is 0. The van der Waals surface area contributed by atoms with Crippen molar-refractivity contribution < 1.29 is 0 Å². The van der Waals surface area contributed by atoms with E-state index in [1.807, 2.05) is 0 Å². The standard InChI is InChI=1S/C15H31N.HI/c1-3-5-6-7-8-12-15(11-4-2)16-13-9-10-14-16;/h15H,3-14H2,1-2H3;1H. The molecule has 1 atom stereocenters. The first-order valence-corrected chi connectivity index (χ1v) is 7.62. The van der Waals surface area contributed by atoms with E-state index in [9.17, 15) is 0 Å². The predicted octanol–water partition coefficient (Wildman–Crippen LogP) is 5.23. The lowest BCUT2D eigenvalue weighted by molar-refractivity contribution is 0.213. The van der Waals surface area contributed by atoms with Crippen molar-refractivity contribution in [2.24, 2.45) is 0 Å². The van der Waals surface area contributed by atoms with E-state index < -0.39 is 0 Å². The Labute approximate surface area is 126 Å². The molecular weight excluding hydrogens is 321 g/mol. The van der Waals surface area contributed by atoms with E-state index in [1.165, 1.54) is 77.3 Å². The van der Waals surface area contributed by atoms with Gasteiger partial charge in [0, 0.05) is 6.04 Å². The molecule has 0 spiro atoms. The van der Waals surface area contributed by atoms with Gasteiger partial charge < -0.3 is 4.90 Å². The van der Waals surface area contributed by atoms with E-state index in [2.05, 4.69) is 18.7 Å². The Bertz CT molecular complexity index is 155. The van der Waals surface area contributed by atoms with Crippen molar-refractivity contribution in [2.75, 3.05) is 13.1 Å². The molecule has 0 aliphatic carbocycles. The van der Waals surface area contributed by atoms with Crippen LogP contribution in [-0.2, 0) is 0 Å². The van der Waals surface area contributed by atoms with Crippen molar-refractivity contribution in [3.05, 3.63) is 0 Å². The molecule has 0 aromatic rings. The summed E-state index contributed by atoms with van der Waals surface area (Å²) in [4.78, 5) is 2.75. The predicted molar refractivity (Wildman–Crippen MR) is 88.3 cm³/mol. The van der Waals surface area contributed by atoms with E-state index in [0.717, 1.165) is 6.04 Å². The molecule has 1 rings (SSSR count). The summed E-state index contributed by atoms with van der Waals surface area (Å²) in [5.74, 6) is 0. The van der Waals surface area contributed by atoms with E-state index in [1.54, 1.807) is 0 Å². The zero-order valence-corrected chi connectivity index (χ0v) is 14.2. The molecule has 1 heterocycles. The van der Waals surface area contributed by atoms with Crippen molar-refractivity contribution in [1.29, 1.82) is 0 Å². The van der Waals surface area contributed by atoms with Crippen LogP contribution in [-0.4, -0.2) is 24.0 Å². The normalized spacial score (nSPS) is 18.0. The van der Waals surface area contributed by atoms with Crippen LogP contribution in [0, 0.1) is 0 Å². The number of hydrogen-bond acceptors (Lipinski definition) is 1. The van der Waals surface area contributed by atoms with Gasteiger partial charge in [-0.05, 0) is 38.8 Å².